The largest absolute Gasteiger partial charge is 0.304 e. The number of hydrogen-bond donors (Lipinski definition) is 1. The summed E-state index contributed by atoms with van der Waals surface area (Å²) in [7, 11) is 0. The van der Waals surface area contributed by atoms with Gasteiger partial charge in [-0.25, -0.2) is 4.39 Å². The lowest BCUT2D eigenvalue weighted by Gasteiger charge is -2.22. The van der Waals surface area contributed by atoms with E-state index in [0.29, 0.717) is 23.4 Å². The van der Waals surface area contributed by atoms with Gasteiger partial charge in [-0.15, -0.1) is 0 Å². The van der Waals surface area contributed by atoms with E-state index in [1.54, 1.807) is 6.07 Å². The van der Waals surface area contributed by atoms with Crippen LogP contribution >= 0.6 is 0 Å². The van der Waals surface area contributed by atoms with E-state index >= 15 is 0 Å². The van der Waals surface area contributed by atoms with E-state index in [-0.39, 0.29) is 30.5 Å². The quantitative estimate of drug-likeness (QED) is 0.619. The number of aromatic nitrogens is 2. The van der Waals surface area contributed by atoms with E-state index < -0.39 is 5.92 Å². The predicted molar refractivity (Wildman–Crippen MR) is 122 cm³/mol. The highest BCUT2D eigenvalue weighted by molar-refractivity contribution is 5.85. The third-order valence-corrected chi connectivity index (χ3v) is 6.92. The van der Waals surface area contributed by atoms with Crippen LogP contribution in [0.2, 0.25) is 0 Å². The van der Waals surface area contributed by atoms with Crippen molar-refractivity contribution in [3.05, 3.63) is 41.3 Å². The summed E-state index contributed by atoms with van der Waals surface area (Å²) in [5, 5.41) is 17.7. The molecule has 1 aromatic carbocycles. The molecule has 1 saturated heterocycles. The number of halogens is 1. The zero-order chi connectivity index (χ0) is 22.8. The first-order chi connectivity index (χ1) is 15.4. The minimum atomic E-state index is -0.513. The first kappa shape index (κ1) is 22.7. The standard InChI is InChI=1S/C26H33FN4O/c1-4-22-13-24(30-31(22)15-16(2)3)19-6-5-18(23(27)12-19)9-17(14-28)10-25(32)26-20-7-8-21(11-20)29-26/h5-6,12-13,16-17,20-21,26,29H,4,7-11,15H2,1-3H3/t17-,20+,21-,26+/m1/s1. The van der Waals surface area contributed by atoms with Gasteiger partial charge in [0.05, 0.1) is 23.7 Å². The molecule has 1 aromatic heterocycles. The molecule has 2 bridgehead atoms. The summed E-state index contributed by atoms with van der Waals surface area (Å²) in [5.41, 5.74) is 3.11. The Morgan fingerprint density at radius 2 is 2.16 bits per heavy atom. The average molecular weight is 437 g/mol. The SMILES string of the molecule is CCc1cc(-c2ccc(C[C@@H](C#N)CC(=O)[C@H]3N[C@@H]4CC[C@H]3C4)c(F)c2)nn1CC(C)C. The van der Waals surface area contributed by atoms with Crippen LogP contribution in [-0.4, -0.2) is 27.6 Å². The molecule has 2 aliphatic rings. The Bertz CT molecular complexity index is 1020. The first-order valence-electron chi connectivity index (χ1n) is 11.9. The Morgan fingerprint density at radius 1 is 1.34 bits per heavy atom. The molecule has 0 unspecified atom stereocenters. The molecule has 1 aliphatic carbocycles. The molecule has 1 saturated carbocycles. The van der Waals surface area contributed by atoms with Crippen LogP contribution in [0.5, 0.6) is 0 Å². The molecular formula is C26H33FN4O. The van der Waals surface area contributed by atoms with Gasteiger partial charge in [0.25, 0.3) is 0 Å². The molecule has 32 heavy (non-hydrogen) atoms. The molecule has 1 N–H and O–H groups in total. The van der Waals surface area contributed by atoms with Crippen LogP contribution in [-0.2, 0) is 24.2 Å². The monoisotopic (exact) mass is 436 g/mol. The van der Waals surface area contributed by atoms with Crippen molar-refractivity contribution in [1.82, 2.24) is 15.1 Å². The van der Waals surface area contributed by atoms with Crippen molar-refractivity contribution < 1.29 is 9.18 Å². The summed E-state index contributed by atoms with van der Waals surface area (Å²) in [4.78, 5) is 12.7. The van der Waals surface area contributed by atoms with Crippen molar-refractivity contribution in [2.75, 3.05) is 0 Å². The topological polar surface area (TPSA) is 70.7 Å². The van der Waals surface area contributed by atoms with Gasteiger partial charge in [-0.2, -0.15) is 10.4 Å². The Hall–Kier alpha value is -2.52. The van der Waals surface area contributed by atoms with Crippen LogP contribution in [0.3, 0.4) is 0 Å². The molecule has 2 fully saturated rings. The van der Waals surface area contributed by atoms with E-state index in [1.807, 2.05) is 16.8 Å². The third-order valence-electron chi connectivity index (χ3n) is 6.92. The van der Waals surface area contributed by atoms with Gasteiger partial charge in [-0.1, -0.05) is 32.9 Å². The van der Waals surface area contributed by atoms with Gasteiger partial charge in [0.1, 0.15) is 5.82 Å². The summed E-state index contributed by atoms with van der Waals surface area (Å²) < 4.78 is 17.0. The lowest BCUT2D eigenvalue weighted by atomic mass is 9.88. The van der Waals surface area contributed by atoms with Gasteiger partial charge >= 0.3 is 0 Å². The second-order valence-electron chi connectivity index (χ2n) is 9.87. The molecule has 0 amide bonds. The second-order valence-corrected chi connectivity index (χ2v) is 9.87. The number of nitrogens with zero attached hydrogens (tertiary/aromatic N) is 3. The number of nitrogens with one attached hydrogen (secondary N) is 1. The predicted octanol–water partition coefficient (Wildman–Crippen LogP) is 4.69. The van der Waals surface area contributed by atoms with Crippen molar-refractivity contribution in [1.29, 1.82) is 5.26 Å². The molecule has 0 spiro atoms. The number of nitriles is 1. The van der Waals surface area contributed by atoms with Crippen molar-refractivity contribution >= 4 is 5.78 Å². The molecule has 4 rings (SSSR count). The normalized spacial score (nSPS) is 22.9. The van der Waals surface area contributed by atoms with Crippen LogP contribution in [0.15, 0.2) is 24.3 Å². The van der Waals surface area contributed by atoms with Crippen LogP contribution in [0.1, 0.15) is 57.7 Å². The van der Waals surface area contributed by atoms with Crippen LogP contribution in [0.25, 0.3) is 11.3 Å². The van der Waals surface area contributed by atoms with Crippen molar-refractivity contribution in [2.24, 2.45) is 17.8 Å². The molecule has 170 valence electrons. The van der Waals surface area contributed by atoms with Gasteiger partial charge in [0.2, 0.25) is 0 Å². The van der Waals surface area contributed by atoms with E-state index in [4.69, 9.17) is 0 Å². The Balaban J connectivity index is 1.44. The number of Topliss-reactive ketones (excluding diaryl/α,β-unsaturated/α-hetero) is 1. The molecule has 4 atom stereocenters. The molecular weight excluding hydrogens is 403 g/mol. The van der Waals surface area contributed by atoms with E-state index in [9.17, 15) is 14.4 Å². The Labute approximate surface area is 190 Å². The minimum Gasteiger partial charge on any atom is -0.304 e. The molecule has 5 nitrogen and oxygen atoms in total. The number of piperidine rings is 1. The highest BCUT2D eigenvalue weighted by atomic mass is 19.1. The zero-order valence-electron chi connectivity index (χ0n) is 19.3. The number of carbonyl (C=O) groups is 1. The third kappa shape index (κ3) is 4.78. The molecule has 1 aliphatic heterocycles. The van der Waals surface area contributed by atoms with E-state index in [2.05, 4.69) is 37.3 Å². The van der Waals surface area contributed by atoms with Crippen molar-refractivity contribution in [2.45, 2.75) is 77.9 Å². The number of aryl methyl sites for hydroxylation is 1. The van der Waals surface area contributed by atoms with E-state index in [0.717, 1.165) is 49.2 Å². The number of hydrogen-bond acceptors (Lipinski definition) is 4. The number of benzene rings is 1. The van der Waals surface area contributed by atoms with Gasteiger partial charge < -0.3 is 5.32 Å². The Morgan fingerprint density at radius 3 is 2.75 bits per heavy atom. The van der Waals surface area contributed by atoms with Gasteiger partial charge in [0, 0.05) is 30.3 Å². The highest BCUT2D eigenvalue weighted by Crippen LogP contribution is 2.36. The fourth-order valence-corrected chi connectivity index (χ4v) is 5.27. The minimum absolute atomic E-state index is 0.101. The van der Waals surface area contributed by atoms with Crippen LogP contribution in [0.4, 0.5) is 4.39 Å². The number of carbonyl (C=O) groups excluding carboxylic acids is 1. The summed E-state index contributed by atoms with van der Waals surface area (Å²) >= 11 is 0. The maximum Gasteiger partial charge on any atom is 0.151 e. The molecule has 2 heterocycles. The van der Waals surface area contributed by atoms with Gasteiger partial charge in [-0.3, -0.25) is 9.48 Å². The fourth-order valence-electron chi connectivity index (χ4n) is 5.27. The lowest BCUT2D eigenvalue weighted by Crippen LogP contribution is -2.42. The van der Waals surface area contributed by atoms with Crippen LogP contribution in [0, 0.1) is 34.9 Å². The number of rotatable bonds is 9. The van der Waals surface area contributed by atoms with Crippen molar-refractivity contribution in [3.63, 3.8) is 0 Å². The fraction of sp³-hybridized carbons (Fsp3) is 0.577. The zero-order valence-corrected chi connectivity index (χ0v) is 19.3. The van der Waals surface area contributed by atoms with E-state index in [1.165, 1.54) is 6.07 Å². The van der Waals surface area contributed by atoms with Gasteiger partial charge in [0.15, 0.2) is 5.78 Å². The molecule has 2 aromatic rings. The molecule has 0 radical (unpaired) electrons. The highest BCUT2D eigenvalue weighted by Gasteiger charge is 2.42. The summed E-state index contributed by atoms with van der Waals surface area (Å²) in [6, 6.07) is 9.70. The van der Waals surface area contributed by atoms with Crippen molar-refractivity contribution in [3.8, 4) is 17.3 Å². The summed E-state index contributed by atoms with van der Waals surface area (Å²) in [5.74, 6) is 0.132. The maximum atomic E-state index is 15.0. The summed E-state index contributed by atoms with van der Waals surface area (Å²) in [6.45, 7) is 7.23. The number of ketones is 1. The lowest BCUT2D eigenvalue weighted by molar-refractivity contribution is -0.122. The smallest absolute Gasteiger partial charge is 0.151 e. The Kier molecular flexibility index (Phi) is 6.76. The van der Waals surface area contributed by atoms with Crippen LogP contribution < -0.4 is 5.32 Å². The first-order valence-corrected chi connectivity index (χ1v) is 11.9. The average Bonchev–Trinajstić information content (AvgIpc) is 3.49. The second kappa shape index (κ2) is 9.54. The maximum absolute atomic E-state index is 15.0. The molecule has 6 heteroatoms. The number of fused-ring (bicyclic) bond motifs is 2. The van der Waals surface area contributed by atoms with Gasteiger partial charge in [-0.05, 0) is 61.6 Å². The summed E-state index contributed by atoms with van der Waals surface area (Å²) in [6.07, 6.45) is 4.60.